The van der Waals surface area contributed by atoms with E-state index in [1.807, 2.05) is 6.07 Å². The second-order valence-corrected chi connectivity index (χ2v) is 4.54. The molecule has 3 rings (SSSR count). The first-order valence-electron chi connectivity index (χ1n) is 6.27. The highest BCUT2D eigenvalue weighted by atomic mass is 16.5. The van der Waals surface area contributed by atoms with Crippen molar-refractivity contribution in [2.24, 2.45) is 0 Å². The van der Waals surface area contributed by atoms with Crippen molar-refractivity contribution in [3.05, 3.63) is 18.5 Å². The lowest BCUT2D eigenvalue weighted by molar-refractivity contribution is -0.142. The van der Waals surface area contributed by atoms with Gasteiger partial charge in [0.05, 0.1) is 6.61 Å². The number of cyclic esters (lactones) is 1. The van der Waals surface area contributed by atoms with Crippen LogP contribution in [0.2, 0.25) is 0 Å². The molecule has 1 unspecified atom stereocenters. The van der Waals surface area contributed by atoms with Crippen LogP contribution in [0.3, 0.4) is 0 Å². The zero-order valence-electron chi connectivity index (χ0n) is 10.2. The van der Waals surface area contributed by atoms with Crippen LogP contribution in [0.1, 0.15) is 6.42 Å². The van der Waals surface area contributed by atoms with Crippen molar-refractivity contribution in [2.75, 3.05) is 37.7 Å². The summed E-state index contributed by atoms with van der Waals surface area (Å²) in [7, 11) is 0. The van der Waals surface area contributed by atoms with Gasteiger partial charge in [-0.3, -0.25) is 9.69 Å². The van der Waals surface area contributed by atoms with E-state index in [-0.39, 0.29) is 12.0 Å². The average molecular weight is 248 g/mol. The Morgan fingerprint density at radius 1 is 1.17 bits per heavy atom. The molecule has 96 valence electrons. The summed E-state index contributed by atoms with van der Waals surface area (Å²) in [5.74, 6) is 0.700. The molecule has 2 fully saturated rings. The van der Waals surface area contributed by atoms with Gasteiger partial charge in [-0.1, -0.05) is 0 Å². The molecule has 0 saturated carbocycles. The molecular formula is C12H16N4O2. The van der Waals surface area contributed by atoms with Crippen molar-refractivity contribution in [1.82, 2.24) is 14.9 Å². The molecule has 0 N–H and O–H groups in total. The fraction of sp³-hybridized carbons (Fsp3) is 0.583. The van der Waals surface area contributed by atoms with E-state index >= 15 is 0 Å². The number of hydrogen-bond acceptors (Lipinski definition) is 6. The van der Waals surface area contributed by atoms with E-state index in [0.29, 0.717) is 6.61 Å². The van der Waals surface area contributed by atoms with Gasteiger partial charge in [0.25, 0.3) is 0 Å². The highest BCUT2D eigenvalue weighted by molar-refractivity contribution is 5.77. The largest absolute Gasteiger partial charge is 0.464 e. The summed E-state index contributed by atoms with van der Waals surface area (Å²) in [5, 5.41) is 0. The Bertz CT molecular complexity index is 417. The van der Waals surface area contributed by atoms with Gasteiger partial charge in [0, 0.05) is 45.0 Å². The lowest BCUT2D eigenvalue weighted by Gasteiger charge is -2.36. The maximum Gasteiger partial charge on any atom is 0.323 e. The topological polar surface area (TPSA) is 58.6 Å². The molecule has 2 aliphatic rings. The Labute approximate surface area is 106 Å². The van der Waals surface area contributed by atoms with E-state index in [1.54, 1.807) is 12.4 Å². The SMILES string of the molecule is O=C1OCCC1N1CCN(c2ncccn2)CC1. The summed E-state index contributed by atoms with van der Waals surface area (Å²) in [4.78, 5) is 24.4. The van der Waals surface area contributed by atoms with Crippen LogP contribution in [0.15, 0.2) is 18.5 Å². The molecule has 0 spiro atoms. The number of esters is 1. The molecule has 1 aromatic heterocycles. The van der Waals surface area contributed by atoms with E-state index in [0.717, 1.165) is 38.5 Å². The van der Waals surface area contributed by atoms with E-state index in [2.05, 4.69) is 19.8 Å². The Hall–Kier alpha value is -1.69. The first kappa shape index (κ1) is 11.4. The second-order valence-electron chi connectivity index (χ2n) is 4.54. The number of carbonyl (C=O) groups excluding carboxylic acids is 1. The fourth-order valence-electron chi connectivity index (χ4n) is 2.50. The summed E-state index contributed by atoms with van der Waals surface area (Å²) in [5.41, 5.74) is 0. The van der Waals surface area contributed by atoms with Crippen molar-refractivity contribution in [2.45, 2.75) is 12.5 Å². The van der Waals surface area contributed by atoms with Gasteiger partial charge in [0.15, 0.2) is 0 Å². The van der Waals surface area contributed by atoms with E-state index < -0.39 is 0 Å². The van der Waals surface area contributed by atoms with Crippen molar-refractivity contribution < 1.29 is 9.53 Å². The maximum atomic E-state index is 11.5. The number of aromatic nitrogens is 2. The molecule has 1 atom stereocenters. The van der Waals surface area contributed by atoms with Gasteiger partial charge >= 0.3 is 5.97 Å². The molecule has 0 aliphatic carbocycles. The summed E-state index contributed by atoms with van der Waals surface area (Å²) in [6.07, 6.45) is 4.33. The highest BCUT2D eigenvalue weighted by Gasteiger charge is 2.34. The fourth-order valence-corrected chi connectivity index (χ4v) is 2.50. The van der Waals surface area contributed by atoms with Crippen LogP contribution < -0.4 is 4.90 Å². The predicted molar refractivity (Wildman–Crippen MR) is 65.2 cm³/mol. The van der Waals surface area contributed by atoms with Crippen LogP contribution in [0.25, 0.3) is 0 Å². The van der Waals surface area contributed by atoms with Crippen LogP contribution in [0, 0.1) is 0 Å². The number of piperazine rings is 1. The zero-order chi connectivity index (χ0) is 12.4. The maximum absolute atomic E-state index is 11.5. The van der Waals surface area contributed by atoms with Crippen LogP contribution in [0.5, 0.6) is 0 Å². The summed E-state index contributed by atoms with van der Waals surface area (Å²) in [6.45, 7) is 3.99. The monoisotopic (exact) mass is 248 g/mol. The lowest BCUT2D eigenvalue weighted by atomic mass is 10.2. The molecule has 2 saturated heterocycles. The van der Waals surface area contributed by atoms with Gasteiger partial charge in [-0.25, -0.2) is 9.97 Å². The van der Waals surface area contributed by atoms with E-state index in [4.69, 9.17) is 4.74 Å². The minimum atomic E-state index is -0.0700. The molecule has 0 radical (unpaired) electrons. The number of carbonyl (C=O) groups is 1. The van der Waals surface area contributed by atoms with Gasteiger partial charge in [-0.2, -0.15) is 0 Å². The Morgan fingerprint density at radius 2 is 1.89 bits per heavy atom. The molecule has 3 heterocycles. The first-order valence-corrected chi connectivity index (χ1v) is 6.27. The van der Waals surface area contributed by atoms with Gasteiger partial charge in [-0.05, 0) is 6.07 Å². The van der Waals surface area contributed by atoms with Gasteiger partial charge in [0.2, 0.25) is 5.95 Å². The lowest BCUT2D eigenvalue weighted by Crippen LogP contribution is -2.52. The number of anilines is 1. The molecule has 6 nitrogen and oxygen atoms in total. The summed E-state index contributed by atoms with van der Waals surface area (Å²) < 4.78 is 5.01. The smallest absolute Gasteiger partial charge is 0.323 e. The molecule has 0 amide bonds. The predicted octanol–water partition coefficient (Wildman–Crippen LogP) is -0.0859. The minimum absolute atomic E-state index is 0.0381. The number of rotatable bonds is 2. The normalized spacial score (nSPS) is 25.2. The third-order valence-corrected chi connectivity index (χ3v) is 3.50. The van der Waals surface area contributed by atoms with Crippen LogP contribution in [0.4, 0.5) is 5.95 Å². The van der Waals surface area contributed by atoms with Gasteiger partial charge in [-0.15, -0.1) is 0 Å². The average Bonchev–Trinajstić information content (AvgIpc) is 2.86. The van der Waals surface area contributed by atoms with Crippen LogP contribution >= 0.6 is 0 Å². The minimum Gasteiger partial charge on any atom is -0.464 e. The molecule has 1 aromatic rings. The molecule has 0 aromatic carbocycles. The Balaban J connectivity index is 1.60. The van der Waals surface area contributed by atoms with Gasteiger partial charge < -0.3 is 9.64 Å². The number of hydrogen-bond donors (Lipinski definition) is 0. The summed E-state index contributed by atoms with van der Waals surface area (Å²) in [6, 6.07) is 1.78. The number of ether oxygens (including phenoxy) is 1. The first-order chi connectivity index (χ1) is 8.84. The highest BCUT2D eigenvalue weighted by Crippen LogP contribution is 2.17. The third kappa shape index (κ3) is 2.15. The molecule has 2 aliphatic heterocycles. The van der Waals surface area contributed by atoms with Gasteiger partial charge in [0.1, 0.15) is 6.04 Å². The van der Waals surface area contributed by atoms with Crippen molar-refractivity contribution in [3.63, 3.8) is 0 Å². The number of nitrogens with zero attached hydrogens (tertiary/aromatic N) is 4. The Morgan fingerprint density at radius 3 is 2.50 bits per heavy atom. The van der Waals surface area contributed by atoms with Crippen molar-refractivity contribution >= 4 is 11.9 Å². The zero-order valence-corrected chi connectivity index (χ0v) is 10.2. The van der Waals surface area contributed by atoms with Crippen LogP contribution in [-0.2, 0) is 9.53 Å². The third-order valence-electron chi connectivity index (χ3n) is 3.50. The molecular weight excluding hydrogens is 232 g/mol. The van der Waals surface area contributed by atoms with Crippen molar-refractivity contribution in [1.29, 1.82) is 0 Å². The van der Waals surface area contributed by atoms with Crippen LogP contribution in [-0.4, -0.2) is 59.7 Å². The quantitative estimate of drug-likeness (QED) is 0.682. The van der Waals surface area contributed by atoms with Crippen molar-refractivity contribution in [3.8, 4) is 0 Å². The standard InChI is InChI=1S/C12H16N4O2/c17-11-10(2-9-18-11)15-5-7-16(8-6-15)12-13-3-1-4-14-12/h1,3-4,10H,2,5-9H2. The van der Waals surface area contributed by atoms with E-state index in [9.17, 15) is 4.79 Å². The molecule has 0 bridgehead atoms. The second kappa shape index (κ2) is 4.89. The Kier molecular flexibility index (Phi) is 3.10. The van der Waals surface area contributed by atoms with E-state index in [1.165, 1.54) is 0 Å². The molecule has 18 heavy (non-hydrogen) atoms. The molecule has 6 heteroatoms. The summed E-state index contributed by atoms with van der Waals surface area (Å²) >= 11 is 0.